The average Bonchev–Trinajstić information content (AvgIpc) is 3.33. The lowest BCUT2D eigenvalue weighted by Crippen LogP contribution is -2.29. The third-order valence-corrected chi connectivity index (χ3v) is 7.15. The quantitative estimate of drug-likeness (QED) is 0.415. The lowest BCUT2D eigenvalue weighted by molar-refractivity contribution is -0.119. The summed E-state index contributed by atoms with van der Waals surface area (Å²) in [6, 6.07) is 13.2. The minimum absolute atomic E-state index is 0.0424. The molecule has 0 bridgehead atoms. The van der Waals surface area contributed by atoms with Crippen LogP contribution in [-0.4, -0.2) is 29.7 Å². The molecule has 2 aromatic heterocycles. The molecule has 0 radical (unpaired) electrons. The molecule has 2 N–H and O–H groups in total. The number of carbonyl (C=O) groups excluding carboxylic acids is 1. The van der Waals surface area contributed by atoms with E-state index in [1.807, 2.05) is 34.5 Å². The van der Waals surface area contributed by atoms with E-state index in [0.29, 0.717) is 15.8 Å². The van der Waals surface area contributed by atoms with Gasteiger partial charge in [-0.05, 0) is 64.5 Å². The molecule has 1 aliphatic rings. The molecule has 1 amide bonds. The highest BCUT2D eigenvalue weighted by molar-refractivity contribution is 9.10. The number of rotatable bonds is 6. The number of benzene rings is 1. The van der Waals surface area contributed by atoms with Gasteiger partial charge in [-0.2, -0.15) is 0 Å². The fourth-order valence-corrected chi connectivity index (χ4v) is 5.62. The van der Waals surface area contributed by atoms with Gasteiger partial charge in [0.05, 0.1) is 28.5 Å². The summed E-state index contributed by atoms with van der Waals surface area (Å²) in [4.78, 5) is 19.6. The van der Waals surface area contributed by atoms with E-state index in [-0.39, 0.29) is 24.6 Å². The first kappa shape index (κ1) is 22.2. The van der Waals surface area contributed by atoms with Crippen LogP contribution in [-0.2, 0) is 9.53 Å². The zero-order valence-corrected chi connectivity index (χ0v) is 20.3. The molecule has 160 valence electrons. The minimum atomic E-state index is -0.271. The lowest BCUT2D eigenvalue weighted by Gasteiger charge is -2.27. The molecule has 6 nitrogen and oxygen atoms in total. The van der Waals surface area contributed by atoms with E-state index >= 15 is 0 Å². The highest BCUT2D eigenvalue weighted by Gasteiger charge is 2.41. The number of methoxy groups -OCH3 is 1. The summed E-state index contributed by atoms with van der Waals surface area (Å²) >= 11 is 17.4. The van der Waals surface area contributed by atoms with Crippen LogP contribution in [0.25, 0.3) is 0 Å². The number of thiocarbonyl (C=S) groups is 1. The molecule has 0 aliphatic carbocycles. The molecule has 0 saturated carbocycles. The highest BCUT2D eigenvalue weighted by atomic mass is 79.9. The minimum Gasteiger partial charge on any atom is -0.375 e. The highest BCUT2D eigenvalue weighted by Crippen LogP contribution is 2.45. The zero-order chi connectivity index (χ0) is 22.0. The number of nitrogens with one attached hydrogen (secondary N) is 2. The van der Waals surface area contributed by atoms with Crippen LogP contribution in [0.5, 0.6) is 0 Å². The Hall–Kier alpha value is -2.04. The molecule has 0 spiro atoms. The molecule has 10 heteroatoms. The summed E-state index contributed by atoms with van der Waals surface area (Å²) in [6.45, 7) is -0.0424. The van der Waals surface area contributed by atoms with E-state index in [1.54, 1.807) is 29.7 Å². The Bertz CT molecular complexity index is 1110. The molecule has 31 heavy (non-hydrogen) atoms. The van der Waals surface area contributed by atoms with Crippen molar-refractivity contribution in [2.24, 2.45) is 0 Å². The van der Waals surface area contributed by atoms with Gasteiger partial charge < -0.3 is 20.3 Å². The standard InChI is InChI=1S/C21H18BrClN4O2S2/c1-29-10-18(28)25-15-6-5-13(9-14(15)23)27-20(17-8-12(22)11-31-17)19(26-21(27)30)16-4-2-3-7-24-16/h2-9,11,19-20H,10H2,1H3,(H,25,28)(H,26,30)/t19-,20-/m1/s1. The number of ether oxygens (including phenoxy) is 1. The van der Waals surface area contributed by atoms with Crippen molar-refractivity contribution in [1.82, 2.24) is 10.3 Å². The number of hydrogen-bond donors (Lipinski definition) is 2. The Kier molecular flexibility index (Phi) is 6.88. The van der Waals surface area contributed by atoms with Gasteiger partial charge in [0, 0.05) is 33.7 Å². The molecular weight excluding hydrogens is 520 g/mol. The summed E-state index contributed by atoms with van der Waals surface area (Å²) in [6.07, 6.45) is 1.78. The number of halogens is 2. The van der Waals surface area contributed by atoms with Gasteiger partial charge in [-0.25, -0.2) is 0 Å². The number of amides is 1. The van der Waals surface area contributed by atoms with Gasteiger partial charge >= 0.3 is 0 Å². The third-order valence-electron chi connectivity index (χ3n) is 4.76. The second-order valence-electron chi connectivity index (χ2n) is 6.81. The van der Waals surface area contributed by atoms with Gasteiger partial charge in [-0.1, -0.05) is 17.7 Å². The molecule has 3 heterocycles. The van der Waals surface area contributed by atoms with Crippen LogP contribution in [0.1, 0.15) is 22.7 Å². The summed E-state index contributed by atoms with van der Waals surface area (Å²) in [5, 5.41) is 9.20. The third kappa shape index (κ3) is 4.75. The number of aromatic nitrogens is 1. The van der Waals surface area contributed by atoms with Crippen LogP contribution in [0.2, 0.25) is 5.02 Å². The van der Waals surface area contributed by atoms with Crippen molar-refractivity contribution in [2.45, 2.75) is 12.1 Å². The number of nitrogens with zero attached hydrogens (tertiary/aromatic N) is 2. The van der Waals surface area contributed by atoms with Crippen LogP contribution in [0.4, 0.5) is 11.4 Å². The van der Waals surface area contributed by atoms with Crippen LogP contribution >= 0.6 is 51.1 Å². The van der Waals surface area contributed by atoms with Crippen LogP contribution in [0.15, 0.2) is 58.5 Å². The number of thiophene rings is 1. The van der Waals surface area contributed by atoms with E-state index in [1.165, 1.54) is 7.11 Å². The number of anilines is 2. The maximum absolute atomic E-state index is 11.9. The molecule has 1 fully saturated rings. The number of pyridine rings is 1. The maximum atomic E-state index is 11.9. The first-order valence-corrected chi connectivity index (χ1v) is 11.8. The topological polar surface area (TPSA) is 66.5 Å². The van der Waals surface area contributed by atoms with Crippen LogP contribution < -0.4 is 15.5 Å². The SMILES string of the molecule is COCC(=O)Nc1ccc(N2C(=S)N[C@H](c3ccccn3)[C@H]2c2cc(Br)cs2)cc1Cl. The smallest absolute Gasteiger partial charge is 0.250 e. The van der Waals surface area contributed by atoms with Gasteiger partial charge in [-0.3, -0.25) is 9.78 Å². The second kappa shape index (κ2) is 9.62. The van der Waals surface area contributed by atoms with E-state index in [2.05, 4.69) is 37.6 Å². The summed E-state index contributed by atoms with van der Waals surface area (Å²) in [5.74, 6) is -0.271. The van der Waals surface area contributed by atoms with E-state index in [0.717, 1.165) is 20.7 Å². The molecule has 0 unspecified atom stereocenters. The van der Waals surface area contributed by atoms with Gasteiger partial charge in [0.2, 0.25) is 5.91 Å². The van der Waals surface area contributed by atoms with Gasteiger partial charge in [0.15, 0.2) is 5.11 Å². The monoisotopic (exact) mass is 536 g/mol. The first-order valence-electron chi connectivity index (χ1n) is 9.31. The van der Waals surface area contributed by atoms with Crippen molar-refractivity contribution in [3.63, 3.8) is 0 Å². The second-order valence-corrected chi connectivity index (χ2v) is 9.46. The van der Waals surface area contributed by atoms with E-state index in [4.69, 9.17) is 28.6 Å². The molecule has 2 atom stereocenters. The molecule has 1 aliphatic heterocycles. The fraction of sp³-hybridized carbons (Fsp3) is 0.190. The Balaban J connectivity index is 1.71. The molecule has 1 aromatic carbocycles. The zero-order valence-electron chi connectivity index (χ0n) is 16.3. The Morgan fingerprint density at radius 3 is 2.87 bits per heavy atom. The average molecular weight is 538 g/mol. The van der Waals surface area contributed by atoms with E-state index < -0.39 is 0 Å². The summed E-state index contributed by atoms with van der Waals surface area (Å²) < 4.78 is 5.87. The molecule has 4 rings (SSSR count). The van der Waals surface area contributed by atoms with Crippen molar-refractivity contribution in [1.29, 1.82) is 0 Å². The largest absolute Gasteiger partial charge is 0.375 e. The Morgan fingerprint density at radius 1 is 1.39 bits per heavy atom. The van der Waals surface area contributed by atoms with Crippen molar-refractivity contribution in [3.05, 3.63) is 74.1 Å². The summed E-state index contributed by atoms with van der Waals surface area (Å²) in [7, 11) is 1.46. The predicted molar refractivity (Wildman–Crippen MR) is 132 cm³/mol. The normalized spacial score (nSPS) is 18.2. The number of hydrogen-bond acceptors (Lipinski definition) is 5. The van der Waals surface area contributed by atoms with Crippen molar-refractivity contribution in [2.75, 3.05) is 23.9 Å². The van der Waals surface area contributed by atoms with E-state index in [9.17, 15) is 4.79 Å². The van der Waals surface area contributed by atoms with Crippen LogP contribution in [0, 0.1) is 0 Å². The lowest BCUT2D eigenvalue weighted by atomic mass is 10.0. The first-order chi connectivity index (χ1) is 15.0. The van der Waals surface area contributed by atoms with Crippen molar-refractivity contribution in [3.8, 4) is 0 Å². The van der Waals surface area contributed by atoms with Gasteiger partial charge in [0.1, 0.15) is 6.61 Å². The Morgan fingerprint density at radius 2 is 2.23 bits per heavy atom. The van der Waals surface area contributed by atoms with Crippen LogP contribution in [0.3, 0.4) is 0 Å². The predicted octanol–water partition coefficient (Wildman–Crippen LogP) is 5.32. The fourth-order valence-electron chi connectivity index (χ4n) is 3.48. The number of carbonyl (C=O) groups is 1. The Labute approximate surface area is 202 Å². The van der Waals surface area contributed by atoms with Crippen molar-refractivity contribution >= 4 is 73.5 Å². The molecule has 3 aromatic rings. The summed E-state index contributed by atoms with van der Waals surface area (Å²) in [5.41, 5.74) is 2.24. The molecular formula is C21H18BrClN4O2S2. The molecule has 1 saturated heterocycles. The van der Waals surface area contributed by atoms with Gasteiger partial charge in [0.25, 0.3) is 0 Å². The van der Waals surface area contributed by atoms with Gasteiger partial charge in [-0.15, -0.1) is 11.3 Å². The van der Waals surface area contributed by atoms with Crippen molar-refractivity contribution < 1.29 is 9.53 Å². The maximum Gasteiger partial charge on any atom is 0.250 e.